The van der Waals surface area contributed by atoms with Crippen molar-refractivity contribution in [3.63, 3.8) is 0 Å². The maximum atomic E-state index is 13.5. The van der Waals surface area contributed by atoms with E-state index < -0.39 is 28.3 Å². The summed E-state index contributed by atoms with van der Waals surface area (Å²) in [6.45, 7) is 1.82. The molecule has 0 unspecified atom stereocenters. The molecule has 1 amide bonds. The molecule has 0 fully saturated rings. The Morgan fingerprint density at radius 3 is 2.50 bits per heavy atom. The molecule has 2 aromatic rings. The summed E-state index contributed by atoms with van der Waals surface area (Å²) in [7, 11) is 1.47. The van der Waals surface area contributed by atoms with Crippen molar-refractivity contribution in [2.45, 2.75) is 6.92 Å². The maximum absolute atomic E-state index is 13.5. The summed E-state index contributed by atoms with van der Waals surface area (Å²) < 4.78 is 23.7. The van der Waals surface area contributed by atoms with Crippen LogP contribution in [0, 0.1) is 15.9 Å². The van der Waals surface area contributed by atoms with Crippen LogP contribution in [0.5, 0.6) is 5.75 Å². The average Bonchev–Trinajstić information content (AvgIpc) is 2.68. The molecule has 8 nitrogen and oxygen atoms in total. The molecule has 0 bridgehead atoms. The highest BCUT2D eigenvalue weighted by Crippen LogP contribution is 2.20. The summed E-state index contributed by atoms with van der Waals surface area (Å²) in [4.78, 5) is 36.2. The lowest BCUT2D eigenvalue weighted by Crippen LogP contribution is -2.31. The molecule has 9 heteroatoms. The van der Waals surface area contributed by atoms with Gasteiger partial charge >= 0.3 is 5.97 Å². The van der Waals surface area contributed by atoms with Crippen molar-refractivity contribution in [2.24, 2.45) is 0 Å². The molecule has 0 spiro atoms. The molecule has 0 saturated heterocycles. The first-order valence-corrected chi connectivity index (χ1v) is 8.43. The molecular formula is C19H19FN2O6. The van der Waals surface area contributed by atoms with Crippen LogP contribution in [0.2, 0.25) is 0 Å². The van der Waals surface area contributed by atoms with Gasteiger partial charge in [-0.2, -0.15) is 0 Å². The Labute approximate surface area is 160 Å². The fourth-order valence-electron chi connectivity index (χ4n) is 2.35. The second-order valence-corrected chi connectivity index (χ2v) is 5.75. The van der Waals surface area contributed by atoms with Gasteiger partial charge in [0.15, 0.2) is 11.6 Å². The highest BCUT2D eigenvalue weighted by atomic mass is 19.1. The first-order valence-electron chi connectivity index (χ1n) is 8.43. The molecule has 0 N–H and O–H groups in total. The van der Waals surface area contributed by atoms with Gasteiger partial charge in [0, 0.05) is 24.7 Å². The van der Waals surface area contributed by atoms with Crippen molar-refractivity contribution in [1.29, 1.82) is 0 Å². The monoisotopic (exact) mass is 390 g/mol. The standard InChI is InChI=1S/C19H19FN2O6/c1-3-27-19(24)14-10-13(11-15(12-14)22(25)26)18(23)21(2)8-9-28-17-7-5-4-6-16(17)20/h4-7,10-12H,3,8-9H2,1-2H3. The lowest BCUT2D eigenvalue weighted by atomic mass is 10.1. The zero-order valence-corrected chi connectivity index (χ0v) is 15.4. The summed E-state index contributed by atoms with van der Waals surface area (Å²) in [5.41, 5.74) is -0.522. The van der Waals surface area contributed by atoms with Crippen molar-refractivity contribution in [3.05, 3.63) is 69.5 Å². The third-order valence-corrected chi connectivity index (χ3v) is 3.75. The molecule has 0 aromatic heterocycles. The molecule has 0 heterocycles. The third-order valence-electron chi connectivity index (χ3n) is 3.75. The number of esters is 1. The molecule has 0 atom stereocenters. The Morgan fingerprint density at radius 2 is 1.86 bits per heavy atom. The molecule has 148 valence electrons. The second kappa shape index (κ2) is 9.45. The number of amides is 1. The van der Waals surface area contributed by atoms with Crippen molar-refractivity contribution < 1.29 is 28.4 Å². The number of rotatable bonds is 8. The number of non-ortho nitro benzene ring substituents is 1. The van der Waals surface area contributed by atoms with E-state index in [2.05, 4.69) is 0 Å². The molecule has 0 saturated carbocycles. The highest BCUT2D eigenvalue weighted by molar-refractivity contribution is 5.98. The van der Waals surface area contributed by atoms with Crippen LogP contribution in [-0.2, 0) is 4.74 Å². The Kier molecular flexibility index (Phi) is 7.02. The summed E-state index contributed by atoms with van der Waals surface area (Å²) in [6, 6.07) is 9.24. The smallest absolute Gasteiger partial charge is 0.338 e. The highest BCUT2D eigenvalue weighted by Gasteiger charge is 2.20. The molecule has 0 aliphatic carbocycles. The normalized spacial score (nSPS) is 10.2. The fraction of sp³-hybridized carbons (Fsp3) is 0.263. The molecule has 0 aliphatic rings. The van der Waals surface area contributed by atoms with Crippen LogP contribution < -0.4 is 4.74 Å². The zero-order valence-electron chi connectivity index (χ0n) is 15.4. The van der Waals surface area contributed by atoms with Crippen LogP contribution in [0.4, 0.5) is 10.1 Å². The van der Waals surface area contributed by atoms with Crippen molar-refractivity contribution in [2.75, 3.05) is 26.8 Å². The van der Waals surface area contributed by atoms with E-state index in [0.717, 1.165) is 12.1 Å². The SMILES string of the molecule is CCOC(=O)c1cc(C(=O)N(C)CCOc2ccccc2F)cc([N+](=O)[O-])c1. The number of ether oxygens (including phenoxy) is 2. The van der Waals surface area contributed by atoms with Gasteiger partial charge in [0.2, 0.25) is 0 Å². The molecule has 2 rings (SSSR count). The first kappa shape index (κ1) is 20.8. The van der Waals surface area contributed by atoms with Crippen LogP contribution in [-0.4, -0.2) is 48.5 Å². The lowest BCUT2D eigenvalue weighted by molar-refractivity contribution is -0.384. The first-order chi connectivity index (χ1) is 13.3. The van der Waals surface area contributed by atoms with E-state index in [1.807, 2.05) is 0 Å². The van der Waals surface area contributed by atoms with Crippen LogP contribution in [0.1, 0.15) is 27.6 Å². The fourth-order valence-corrected chi connectivity index (χ4v) is 2.35. The van der Waals surface area contributed by atoms with Gasteiger partial charge in [-0.15, -0.1) is 0 Å². The van der Waals surface area contributed by atoms with E-state index in [9.17, 15) is 24.1 Å². The largest absolute Gasteiger partial charge is 0.489 e. The summed E-state index contributed by atoms with van der Waals surface area (Å²) in [5, 5.41) is 11.1. The van der Waals surface area contributed by atoms with E-state index in [4.69, 9.17) is 9.47 Å². The zero-order chi connectivity index (χ0) is 20.7. The van der Waals surface area contributed by atoms with Gasteiger partial charge < -0.3 is 14.4 Å². The van der Waals surface area contributed by atoms with Crippen LogP contribution in [0.25, 0.3) is 0 Å². The number of para-hydroxylation sites is 1. The lowest BCUT2D eigenvalue weighted by Gasteiger charge is -2.18. The van der Waals surface area contributed by atoms with Gasteiger partial charge in [-0.05, 0) is 25.1 Å². The average molecular weight is 390 g/mol. The topological polar surface area (TPSA) is 99.0 Å². The quantitative estimate of drug-likeness (QED) is 0.390. The minimum atomic E-state index is -0.759. The molecule has 2 aromatic carbocycles. The number of nitro benzene ring substituents is 1. The van der Waals surface area contributed by atoms with Crippen molar-refractivity contribution >= 4 is 17.6 Å². The number of hydrogen-bond donors (Lipinski definition) is 0. The molecule has 28 heavy (non-hydrogen) atoms. The summed E-state index contributed by atoms with van der Waals surface area (Å²) in [6.07, 6.45) is 0. The number of nitrogens with zero attached hydrogens (tertiary/aromatic N) is 2. The number of hydrogen-bond acceptors (Lipinski definition) is 6. The van der Waals surface area contributed by atoms with E-state index in [-0.39, 0.29) is 36.6 Å². The van der Waals surface area contributed by atoms with E-state index >= 15 is 0 Å². The van der Waals surface area contributed by atoms with E-state index in [1.165, 1.54) is 36.2 Å². The van der Waals surface area contributed by atoms with Gasteiger partial charge in [0.25, 0.3) is 11.6 Å². The molecular weight excluding hydrogens is 371 g/mol. The Bertz CT molecular complexity index is 886. The maximum Gasteiger partial charge on any atom is 0.338 e. The molecule has 0 radical (unpaired) electrons. The van der Waals surface area contributed by atoms with Gasteiger partial charge in [0.05, 0.1) is 23.6 Å². The number of carbonyl (C=O) groups is 2. The number of carbonyl (C=O) groups excluding carboxylic acids is 2. The summed E-state index contributed by atoms with van der Waals surface area (Å²) >= 11 is 0. The van der Waals surface area contributed by atoms with Crippen molar-refractivity contribution in [3.8, 4) is 5.75 Å². The van der Waals surface area contributed by atoms with Crippen molar-refractivity contribution in [1.82, 2.24) is 4.90 Å². The number of nitro groups is 1. The van der Waals surface area contributed by atoms with Gasteiger partial charge in [-0.25, -0.2) is 9.18 Å². The van der Waals surface area contributed by atoms with E-state index in [0.29, 0.717) is 0 Å². The van der Waals surface area contributed by atoms with Gasteiger partial charge in [-0.3, -0.25) is 14.9 Å². The Hall–Kier alpha value is -3.49. The number of likely N-dealkylation sites (N-methyl/N-ethyl adjacent to an activating group) is 1. The van der Waals surface area contributed by atoms with Gasteiger partial charge in [-0.1, -0.05) is 12.1 Å². The third kappa shape index (κ3) is 5.26. The predicted molar refractivity (Wildman–Crippen MR) is 97.9 cm³/mol. The Morgan fingerprint density at radius 1 is 1.18 bits per heavy atom. The van der Waals surface area contributed by atoms with Crippen LogP contribution in [0.15, 0.2) is 42.5 Å². The second-order valence-electron chi connectivity index (χ2n) is 5.75. The summed E-state index contributed by atoms with van der Waals surface area (Å²) in [5.74, 6) is -1.77. The molecule has 0 aliphatic heterocycles. The van der Waals surface area contributed by atoms with Crippen LogP contribution >= 0.6 is 0 Å². The number of benzene rings is 2. The minimum Gasteiger partial charge on any atom is -0.489 e. The predicted octanol–water partition coefficient (Wildman–Crippen LogP) is 3.06. The van der Waals surface area contributed by atoms with E-state index in [1.54, 1.807) is 13.0 Å². The minimum absolute atomic E-state index is 0.0167. The van der Waals surface area contributed by atoms with Gasteiger partial charge in [0.1, 0.15) is 6.61 Å². The Balaban J connectivity index is 2.11. The number of halogens is 1. The van der Waals surface area contributed by atoms with Crippen LogP contribution in [0.3, 0.4) is 0 Å².